The van der Waals surface area contributed by atoms with Crippen LogP contribution in [0.4, 0.5) is 18.9 Å². The number of anilines is 1. The summed E-state index contributed by atoms with van der Waals surface area (Å²) in [4.78, 5) is 12.3. The number of hydrogen-bond donors (Lipinski definition) is 1. The van der Waals surface area contributed by atoms with Gasteiger partial charge in [-0.05, 0) is 29.7 Å². The van der Waals surface area contributed by atoms with Gasteiger partial charge in [0.25, 0.3) is 0 Å². The molecule has 0 heterocycles. The molecule has 2 aromatic carbocycles. The fourth-order valence-electron chi connectivity index (χ4n) is 2.64. The smallest absolute Gasteiger partial charge is 0.354 e. The third-order valence-electron chi connectivity index (χ3n) is 4.20. The van der Waals surface area contributed by atoms with Crippen LogP contribution in [-0.2, 0) is 21.0 Å². The van der Waals surface area contributed by atoms with Gasteiger partial charge < -0.3 is 5.32 Å². The molecule has 0 fully saturated rings. The highest BCUT2D eigenvalue weighted by Gasteiger charge is 2.34. The van der Waals surface area contributed by atoms with Crippen molar-refractivity contribution in [1.82, 2.24) is 5.32 Å². The number of benzene rings is 2. The minimum atomic E-state index is -4.76. The summed E-state index contributed by atoms with van der Waals surface area (Å²) in [7, 11) is -4.02. The summed E-state index contributed by atoms with van der Waals surface area (Å²) in [5, 5.41) is 2.06. The first-order valence-corrected chi connectivity index (χ1v) is 10.8. The van der Waals surface area contributed by atoms with Gasteiger partial charge in [0, 0.05) is 6.54 Å². The molecular weight excluding hydrogens is 429 g/mol. The van der Waals surface area contributed by atoms with E-state index in [0.717, 1.165) is 24.0 Å². The van der Waals surface area contributed by atoms with Crippen LogP contribution in [0.25, 0.3) is 0 Å². The van der Waals surface area contributed by atoms with Crippen molar-refractivity contribution in [1.29, 1.82) is 0 Å². The summed E-state index contributed by atoms with van der Waals surface area (Å²) in [6, 6.07) is 12.1. The molecule has 1 N–H and O–H groups in total. The van der Waals surface area contributed by atoms with Gasteiger partial charge in [0.15, 0.2) is 0 Å². The fourth-order valence-corrected chi connectivity index (χ4v) is 3.71. The Labute approximate surface area is 172 Å². The molecule has 0 aromatic heterocycles. The van der Waals surface area contributed by atoms with Gasteiger partial charge in [0.05, 0.1) is 22.5 Å². The van der Waals surface area contributed by atoms with Gasteiger partial charge in [0.1, 0.15) is 6.54 Å². The van der Waals surface area contributed by atoms with E-state index < -0.39 is 39.2 Å². The Kier molecular flexibility index (Phi) is 7.18. The summed E-state index contributed by atoms with van der Waals surface area (Å²) in [6.45, 7) is 1.48. The van der Waals surface area contributed by atoms with Crippen molar-refractivity contribution >= 4 is 33.2 Å². The van der Waals surface area contributed by atoms with Crippen molar-refractivity contribution in [2.24, 2.45) is 0 Å². The van der Waals surface area contributed by atoms with E-state index in [-0.39, 0.29) is 18.2 Å². The first-order valence-electron chi connectivity index (χ1n) is 8.55. The lowest BCUT2D eigenvalue weighted by atomic mass is 10.0. The SMILES string of the molecule is CC(CNC(=O)CN(c1ccc(Cl)c(C(F)(F)F)c1)S(C)(=O)=O)c1ccccc1. The molecular formula is C19H20ClF3N2O3S. The molecule has 2 rings (SSSR count). The minimum Gasteiger partial charge on any atom is -0.354 e. The first-order chi connectivity index (χ1) is 13.4. The highest BCUT2D eigenvalue weighted by molar-refractivity contribution is 7.92. The van der Waals surface area contributed by atoms with E-state index in [1.807, 2.05) is 37.3 Å². The number of alkyl halides is 3. The van der Waals surface area contributed by atoms with Crippen LogP contribution in [-0.4, -0.2) is 33.7 Å². The zero-order valence-corrected chi connectivity index (χ0v) is 17.3. The summed E-state index contributed by atoms with van der Waals surface area (Å²) in [5.74, 6) is -0.666. The molecule has 1 amide bonds. The molecule has 1 atom stereocenters. The maximum atomic E-state index is 13.1. The van der Waals surface area contributed by atoms with Gasteiger partial charge in [-0.2, -0.15) is 13.2 Å². The van der Waals surface area contributed by atoms with Crippen LogP contribution < -0.4 is 9.62 Å². The van der Waals surface area contributed by atoms with Crippen molar-refractivity contribution in [3.05, 3.63) is 64.7 Å². The van der Waals surface area contributed by atoms with Crippen molar-refractivity contribution in [2.75, 3.05) is 23.7 Å². The van der Waals surface area contributed by atoms with E-state index in [0.29, 0.717) is 10.4 Å². The zero-order valence-electron chi connectivity index (χ0n) is 15.7. The lowest BCUT2D eigenvalue weighted by molar-refractivity contribution is -0.137. The van der Waals surface area contributed by atoms with Crippen molar-refractivity contribution in [2.45, 2.75) is 19.0 Å². The Morgan fingerprint density at radius 1 is 1.17 bits per heavy atom. The van der Waals surface area contributed by atoms with E-state index >= 15 is 0 Å². The molecule has 10 heteroatoms. The van der Waals surface area contributed by atoms with E-state index in [1.54, 1.807) is 0 Å². The molecule has 0 aliphatic rings. The highest BCUT2D eigenvalue weighted by Crippen LogP contribution is 2.37. The van der Waals surface area contributed by atoms with Crippen LogP contribution >= 0.6 is 11.6 Å². The van der Waals surface area contributed by atoms with Gasteiger partial charge in [-0.3, -0.25) is 9.10 Å². The molecule has 0 aliphatic heterocycles. The Hall–Kier alpha value is -2.26. The zero-order chi connectivity index (χ0) is 21.8. The Morgan fingerprint density at radius 3 is 2.34 bits per heavy atom. The van der Waals surface area contributed by atoms with Crippen LogP contribution in [0, 0.1) is 0 Å². The highest BCUT2D eigenvalue weighted by atomic mass is 35.5. The van der Waals surface area contributed by atoms with Gasteiger partial charge in [-0.1, -0.05) is 48.9 Å². The molecule has 2 aromatic rings. The quantitative estimate of drug-likeness (QED) is 0.695. The predicted octanol–water partition coefficient (Wildman–Crippen LogP) is 4.04. The maximum absolute atomic E-state index is 13.1. The van der Waals surface area contributed by atoms with Crippen molar-refractivity contribution in [3.63, 3.8) is 0 Å². The molecule has 0 saturated heterocycles. The number of rotatable bonds is 7. The van der Waals surface area contributed by atoms with Gasteiger partial charge in [0.2, 0.25) is 15.9 Å². The predicted molar refractivity (Wildman–Crippen MR) is 107 cm³/mol. The first kappa shape index (κ1) is 23.0. The number of carbonyl (C=O) groups excluding carboxylic acids is 1. The second-order valence-corrected chi connectivity index (χ2v) is 8.86. The molecule has 5 nitrogen and oxygen atoms in total. The average Bonchev–Trinajstić information content (AvgIpc) is 2.63. The van der Waals surface area contributed by atoms with Gasteiger partial charge >= 0.3 is 6.18 Å². The number of nitrogens with zero attached hydrogens (tertiary/aromatic N) is 1. The van der Waals surface area contributed by atoms with E-state index in [4.69, 9.17) is 11.6 Å². The summed E-state index contributed by atoms with van der Waals surface area (Å²) >= 11 is 5.58. The Balaban J connectivity index is 2.17. The molecule has 0 radical (unpaired) electrons. The topological polar surface area (TPSA) is 66.5 Å². The van der Waals surface area contributed by atoms with Crippen LogP contribution in [0.3, 0.4) is 0 Å². The number of carbonyl (C=O) groups is 1. The van der Waals surface area contributed by atoms with Crippen LogP contribution in [0.15, 0.2) is 48.5 Å². The van der Waals surface area contributed by atoms with Crippen LogP contribution in [0.2, 0.25) is 5.02 Å². The maximum Gasteiger partial charge on any atom is 0.417 e. The molecule has 0 bridgehead atoms. The Bertz CT molecular complexity index is 966. The number of amides is 1. The molecule has 0 saturated carbocycles. The summed E-state index contributed by atoms with van der Waals surface area (Å²) < 4.78 is 64.1. The molecule has 0 aliphatic carbocycles. The third-order valence-corrected chi connectivity index (χ3v) is 5.68. The molecule has 1 unspecified atom stereocenters. The molecule has 158 valence electrons. The standard InChI is InChI=1S/C19H20ClF3N2O3S/c1-13(14-6-4-3-5-7-14)11-24-18(26)12-25(29(2,27)28)15-8-9-17(20)16(10-15)19(21,22)23/h3-10,13H,11-12H2,1-2H3,(H,24,26). The van der Waals surface area contributed by atoms with Gasteiger partial charge in [-0.15, -0.1) is 0 Å². The number of sulfonamides is 1. The van der Waals surface area contributed by atoms with Crippen LogP contribution in [0.1, 0.15) is 24.0 Å². The van der Waals surface area contributed by atoms with Crippen molar-refractivity contribution < 1.29 is 26.4 Å². The van der Waals surface area contributed by atoms with E-state index in [1.165, 1.54) is 0 Å². The number of halogens is 4. The Morgan fingerprint density at radius 2 is 1.79 bits per heavy atom. The lowest BCUT2D eigenvalue weighted by Gasteiger charge is -2.23. The van der Waals surface area contributed by atoms with E-state index in [9.17, 15) is 26.4 Å². The summed E-state index contributed by atoms with van der Waals surface area (Å²) in [5.41, 5.74) is -0.487. The third kappa shape index (κ3) is 6.37. The lowest BCUT2D eigenvalue weighted by Crippen LogP contribution is -2.41. The van der Waals surface area contributed by atoms with Gasteiger partial charge in [-0.25, -0.2) is 8.42 Å². The fraction of sp³-hybridized carbons (Fsp3) is 0.316. The number of hydrogen-bond acceptors (Lipinski definition) is 3. The minimum absolute atomic E-state index is 0.0285. The molecule has 29 heavy (non-hydrogen) atoms. The largest absolute Gasteiger partial charge is 0.417 e. The normalized spacial score (nSPS) is 13.0. The second-order valence-electron chi connectivity index (χ2n) is 6.55. The molecule has 0 spiro atoms. The van der Waals surface area contributed by atoms with Crippen molar-refractivity contribution in [3.8, 4) is 0 Å². The monoisotopic (exact) mass is 448 g/mol. The van der Waals surface area contributed by atoms with Crippen LogP contribution in [0.5, 0.6) is 0 Å². The summed E-state index contributed by atoms with van der Waals surface area (Å²) in [6.07, 6.45) is -3.95. The average molecular weight is 449 g/mol. The second kappa shape index (κ2) is 9.04. The number of nitrogens with one attached hydrogen (secondary N) is 1. The van der Waals surface area contributed by atoms with E-state index in [2.05, 4.69) is 5.32 Å².